The van der Waals surface area contributed by atoms with Gasteiger partial charge in [0.05, 0.1) is 11.5 Å². The molecule has 4 N–H and O–H groups in total. The molecule has 0 amide bonds. The molecule has 1 aromatic heterocycles. The van der Waals surface area contributed by atoms with Gasteiger partial charge in [-0.2, -0.15) is 0 Å². The molecule has 0 aliphatic rings. The Labute approximate surface area is 176 Å². The first-order chi connectivity index (χ1) is 13.5. The molecule has 160 valence electrons. The maximum atomic E-state index is 12.4. The Hall–Kier alpha value is -1.34. The normalized spacial score (nSPS) is 14.0. The zero-order valence-electron chi connectivity index (χ0n) is 17.0. The number of carbonyl (C=O) groups is 1. The largest absolute Gasteiger partial charge is 0.469 e. The lowest BCUT2D eigenvalue weighted by Crippen LogP contribution is -2.41. The predicted octanol–water partition coefficient (Wildman–Crippen LogP) is 4.41. The number of nitrogens with two attached hydrogens (primary N) is 1. The van der Waals surface area contributed by atoms with Crippen molar-refractivity contribution in [1.29, 1.82) is 0 Å². The molecule has 8 heteroatoms. The first kappa shape index (κ1) is 23.9. The van der Waals surface area contributed by atoms with Crippen LogP contribution in [0.2, 0.25) is 0 Å². The van der Waals surface area contributed by atoms with Crippen LogP contribution >= 0.6 is 19.2 Å². The maximum absolute atomic E-state index is 12.4. The monoisotopic (exact) mass is 439 g/mol. The third kappa shape index (κ3) is 9.34. The number of phosphoric acid groups is 1. The van der Waals surface area contributed by atoms with Crippen molar-refractivity contribution in [2.75, 3.05) is 6.61 Å². The number of aryl methyl sites for hydroxylation is 3. The van der Waals surface area contributed by atoms with Gasteiger partial charge in [0.2, 0.25) is 0 Å². The van der Waals surface area contributed by atoms with Gasteiger partial charge in [0.15, 0.2) is 5.78 Å². The Kier molecular flexibility index (Phi) is 8.76. The fraction of sp³-hybridized carbons (Fsp3) is 0.476. The fourth-order valence-electron chi connectivity index (χ4n) is 2.98. The Bertz CT molecular complexity index is 858. The molecule has 0 radical (unpaired) electrons. The lowest BCUT2D eigenvalue weighted by molar-refractivity contribution is 0.0983. The van der Waals surface area contributed by atoms with Crippen molar-refractivity contribution < 1.29 is 23.7 Å². The number of Topliss-reactive ketones (excluding diaryl/α,β-unsaturated/α-hetero) is 1. The summed E-state index contributed by atoms with van der Waals surface area (Å²) >= 11 is 1.46. The number of phosphoric ester groups is 1. The zero-order chi connectivity index (χ0) is 21.5. The third-order valence-electron chi connectivity index (χ3n) is 4.64. The molecular formula is C21H30NO5PS. The minimum absolute atomic E-state index is 0.158. The number of unbranched alkanes of at least 4 members (excludes halogenated alkanes) is 1. The average molecular weight is 440 g/mol. The summed E-state index contributed by atoms with van der Waals surface area (Å²) in [5.41, 5.74) is 7.75. The Morgan fingerprint density at radius 2 is 1.97 bits per heavy atom. The van der Waals surface area contributed by atoms with E-state index in [1.165, 1.54) is 22.5 Å². The zero-order valence-corrected chi connectivity index (χ0v) is 18.7. The number of rotatable bonds is 12. The van der Waals surface area contributed by atoms with Crippen LogP contribution in [-0.4, -0.2) is 27.7 Å². The van der Waals surface area contributed by atoms with E-state index >= 15 is 0 Å². The van der Waals surface area contributed by atoms with E-state index in [0.29, 0.717) is 19.3 Å². The maximum Gasteiger partial charge on any atom is 0.469 e. The summed E-state index contributed by atoms with van der Waals surface area (Å²) < 4.78 is 15.3. The predicted molar refractivity (Wildman–Crippen MR) is 116 cm³/mol. The molecule has 2 rings (SSSR count). The van der Waals surface area contributed by atoms with E-state index < -0.39 is 13.4 Å². The van der Waals surface area contributed by atoms with Gasteiger partial charge in [-0.25, -0.2) is 4.57 Å². The standard InChI is InChI=1S/C21H30NO5PS/c1-16-6-5-8-17(14-16)7-3-4-9-19(23)20-11-10-18(29-20)12-13-21(2,22)15-27-28(24,25)26/h5-6,8,10-11,14H,3-4,7,9,12-13,15,22H2,1-2H3,(H2,24,25,26). The summed E-state index contributed by atoms with van der Waals surface area (Å²) in [6.07, 6.45) is 4.49. The number of thiophene rings is 1. The summed E-state index contributed by atoms with van der Waals surface area (Å²) in [4.78, 5) is 31.8. The van der Waals surface area contributed by atoms with Gasteiger partial charge in [0.25, 0.3) is 0 Å². The van der Waals surface area contributed by atoms with Crippen molar-refractivity contribution in [3.05, 3.63) is 57.3 Å². The van der Waals surface area contributed by atoms with E-state index in [1.807, 2.05) is 12.1 Å². The molecule has 2 aromatic rings. The van der Waals surface area contributed by atoms with Gasteiger partial charge in [-0.1, -0.05) is 29.8 Å². The van der Waals surface area contributed by atoms with Crippen LogP contribution in [0.4, 0.5) is 0 Å². The van der Waals surface area contributed by atoms with Crippen LogP contribution in [0, 0.1) is 6.92 Å². The highest BCUT2D eigenvalue weighted by Crippen LogP contribution is 2.37. The topological polar surface area (TPSA) is 110 Å². The summed E-state index contributed by atoms with van der Waals surface area (Å²) in [6.45, 7) is 3.55. The van der Waals surface area contributed by atoms with E-state index in [2.05, 4.69) is 35.7 Å². The molecule has 1 heterocycles. The van der Waals surface area contributed by atoms with Crippen LogP contribution < -0.4 is 5.73 Å². The first-order valence-electron chi connectivity index (χ1n) is 9.70. The van der Waals surface area contributed by atoms with Crippen molar-refractivity contribution in [2.45, 2.75) is 57.9 Å². The van der Waals surface area contributed by atoms with Crippen molar-refractivity contribution >= 4 is 24.9 Å². The molecule has 1 aromatic carbocycles. The van der Waals surface area contributed by atoms with Crippen LogP contribution in [0.5, 0.6) is 0 Å². The van der Waals surface area contributed by atoms with Crippen LogP contribution in [-0.2, 0) is 21.9 Å². The quantitative estimate of drug-likeness (QED) is 0.257. The SMILES string of the molecule is Cc1cccc(CCCCC(=O)c2ccc(CCC(C)(N)COP(=O)(O)O)s2)c1. The number of hydrogen-bond acceptors (Lipinski definition) is 5. The smallest absolute Gasteiger partial charge is 0.323 e. The molecular weight excluding hydrogens is 409 g/mol. The highest BCUT2D eigenvalue weighted by molar-refractivity contribution is 7.46. The summed E-state index contributed by atoms with van der Waals surface area (Å²) in [6, 6.07) is 12.2. The second-order valence-electron chi connectivity index (χ2n) is 7.80. The highest BCUT2D eigenvalue weighted by Gasteiger charge is 2.24. The summed E-state index contributed by atoms with van der Waals surface area (Å²) in [5, 5.41) is 0. The lowest BCUT2D eigenvalue weighted by Gasteiger charge is -2.24. The Morgan fingerprint density at radius 1 is 1.21 bits per heavy atom. The van der Waals surface area contributed by atoms with E-state index in [4.69, 9.17) is 15.5 Å². The minimum atomic E-state index is -4.52. The van der Waals surface area contributed by atoms with Crippen LogP contribution in [0.15, 0.2) is 36.4 Å². The van der Waals surface area contributed by atoms with Crippen molar-refractivity contribution in [3.63, 3.8) is 0 Å². The molecule has 0 saturated carbocycles. The summed E-state index contributed by atoms with van der Waals surface area (Å²) in [7, 11) is -4.52. The number of hydrogen-bond donors (Lipinski definition) is 3. The lowest BCUT2D eigenvalue weighted by atomic mass is 9.98. The van der Waals surface area contributed by atoms with Crippen molar-refractivity contribution in [1.82, 2.24) is 0 Å². The molecule has 6 nitrogen and oxygen atoms in total. The molecule has 0 fully saturated rings. The molecule has 1 atom stereocenters. The Morgan fingerprint density at radius 3 is 2.66 bits per heavy atom. The van der Waals surface area contributed by atoms with E-state index in [0.717, 1.165) is 29.0 Å². The van der Waals surface area contributed by atoms with Gasteiger partial charge < -0.3 is 15.5 Å². The van der Waals surface area contributed by atoms with Gasteiger partial charge in [-0.15, -0.1) is 11.3 Å². The van der Waals surface area contributed by atoms with Crippen LogP contribution in [0.3, 0.4) is 0 Å². The van der Waals surface area contributed by atoms with E-state index in [1.54, 1.807) is 6.92 Å². The number of benzene rings is 1. The molecule has 0 spiro atoms. The number of carbonyl (C=O) groups excluding carboxylic acids is 1. The minimum Gasteiger partial charge on any atom is -0.323 e. The first-order valence-corrected chi connectivity index (χ1v) is 12.1. The molecule has 1 unspecified atom stereocenters. The van der Waals surface area contributed by atoms with E-state index in [-0.39, 0.29) is 12.4 Å². The molecule has 0 saturated heterocycles. The highest BCUT2D eigenvalue weighted by atomic mass is 32.1. The molecule has 0 aliphatic carbocycles. The van der Waals surface area contributed by atoms with Crippen molar-refractivity contribution in [2.24, 2.45) is 5.73 Å². The van der Waals surface area contributed by atoms with Gasteiger partial charge in [0, 0.05) is 16.8 Å². The second kappa shape index (κ2) is 10.6. The van der Waals surface area contributed by atoms with Gasteiger partial charge in [0.1, 0.15) is 0 Å². The number of ketones is 1. The average Bonchev–Trinajstić information content (AvgIpc) is 3.11. The van der Waals surface area contributed by atoms with E-state index in [9.17, 15) is 9.36 Å². The molecule has 0 aliphatic heterocycles. The van der Waals surface area contributed by atoms with Crippen LogP contribution in [0.1, 0.15) is 58.3 Å². The third-order valence-corrected chi connectivity index (χ3v) is 6.29. The second-order valence-corrected chi connectivity index (χ2v) is 10.2. The molecule has 29 heavy (non-hydrogen) atoms. The van der Waals surface area contributed by atoms with Gasteiger partial charge in [-0.05, 0) is 63.6 Å². The molecule has 0 bridgehead atoms. The Balaban J connectivity index is 1.74. The van der Waals surface area contributed by atoms with Gasteiger partial charge >= 0.3 is 7.82 Å². The fourth-order valence-corrected chi connectivity index (χ4v) is 4.42. The summed E-state index contributed by atoms with van der Waals surface area (Å²) in [5.74, 6) is 0.158. The van der Waals surface area contributed by atoms with Gasteiger partial charge in [-0.3, -0.25) is 9.32 Å². The van der Waals surface area contributed by atoms with Crippen LogP contribution in [0.25, 0.3) is 0 Å². The van der Waals surface area contributed by atoms with Crippen molar-refractivity contribution in [3.8, 4) is 0 Å².